The Morgan fingerprint density at radius 3 is 2.56 bits per heavy atom. The van der Waals surface area contributed by atoms with Crippen molar-refractivity contribution in [3.63, 3.8) is 0 Å². The van der Waals surface area contributed by atoms with Gasteiger partial charge in [-0.15, -0.1) is 11.3 Å². The molecule has 0 radical (unpaired) electrons. The molecular formula is C7H10N4O4S. The van der Waals surface area contributed by atoms with Gasteiger partial charge in [-0.2, -0.15) is 0 Å². The number of nitrogens with two attached hydrogens (primary N) is 2. The summed E-state index contributed by atoms with van der Waals surface area (Å²) in [6.45, 7) is -0.381. The molecule has 1 rings (SSSR count). The van der Waals surface area contributed by atoms with Gasteiger partial charge in [-0.3, -0.25) is 9.69 Å². The van der Waals surface area contributed by atoms with Crippen molar-refractivity contribution in [3.05, 3.63) is 5.38 Å². The fraction of sp³-hybridized carbons (Fsp3) is 0.286. The summed E-state index contributed by atoms with van der Waals surface area (Å²) in [6, 6.07) is -1.31. The zero-order valence-electron chi connectivity index (χ0n) is 8.03. The Bertz CT molecular complexity index is 407. The molecule has 1 aromatic rings. The third kappa shape index (κ3) is 2.81. The molecule has 1 unspecified atom stereocenters. The second-order valence-corrected chi connectivity index (χ2v) is 3.77. The van der Waals surface area contributed by atoms with Gasteiger partial charge in [0.05, 0.1) is 6.54 Å². The van der Waals surface area contributed by atoms with Gasteiger partial charge in [0, 0.05) is 5.38 Å². The van der Waals surface area contributed by atoms with Crippen LogP contribution >= 0.6 is 11.3 Å². The van der Waals surface area contributed by atoms with E-state index in [0.29, 0.717) is 0 Å². The molecule has 0 spiro atoms. The maximum atomic E-state index is 10.9. The second-order valence-electron chi connectivity index (χ2n) is 2.88. The van der Waals surface area contributed by atoms with Gasteiger partial charge < -0.3 is 21.7 Å². The number of aromatic nitrogens is 1. The van der Waals surface area contributed by atoms with Crippen molar-refractivity contribution in [2.24, 2.45) is 5.73 Å². The smallest absolute Gasteiger partial charge is 0.413 e. The number of hydrogen-bond donors (Lipinski definition) is 4. The van der Waals surface area contributed by atoms with Crippen LogP contribution in [0.1, 0.15) is 0 Å². The van der Waals surface area contributed by atoms with Crippen molar-refractivity contribution in [1.82, 2.24) is 4.98 Å². The first-order chi connectivity index (χ1) is 7.41. The van der Waals surface area contributed by atoms with Crippen molar-refractivity contribution in [2.75, 3.05) is 17.2 Å². The molecule has 9 heteroatoms. The molecule has 0 aliphatic rings. The Balaban J connectivity index is 2.84. The molecule has 1 heterocycles. The van der Waals surface area contributed by atoms with Crippen LogP contribution < -0.4 is 16.4 Å². The van der Waals surface area contributed by atoms with Crippen LogP contribution in [0.2, 0.25) is 0 Å². The fourth-order valence-electron chi connectivity index (χ4n) is 0.947. The molecule has 6 N–H and O–H groups in total. The lowest BCUT2D eigenvalue weighted by Gasteiger charge is -2.18. The van der Waals surface area contributed by atoms with Gasteiger partial charge in [0.2, 0.25) is 0 Å². The van der Waals surface area contributed by atoms with Gasteiger partial charge in [-0.05, 0) is 0 Å². The number of nitrogen functional groups attached to an aromatic ring is 1. The topological polar surface area (TPSA) is 143 Å². The highest BCUT2D eigenvalue weighted by Gasteiger charge is 2.23. The summed E-state index contributed by atoms with van der Waals surface area (Å²) >= 11 is 1.06. The Morgan fingerprint density at radius 2 is 2.19 bits per heavy atom. The maximum absolute atomic E-state index is 10.9. The lowest BCUT2D eigenvalue weighted by Crippen LogP contribution is -2.45. The van der Waals surface area contributed by atoms with Crippen molar-refractivity contribution >= 4 is 34.3 Å². The molecule has 0 aliphatic heterocycles. The van der Waals surface area contributed by atoms with Crippen LogP contribution in [-0.4, -0.2) is 39.8 Å². The Kier molecular flexibility index (Phi) is 3.64. The standard InChI is InChI=1S/C7H10N4O4S/c8-3(5(12)13)1-11(7(14)15)4-2-16-6(9)10-4/h2-3H,1,8H2,(H2,9,10)(H,12,13)(H,14,15). The predicted molar refractivity (Wildman–Crippen MR) is 57.5 cm³/mol. The Labute approximate surface area is 94.1 Å². The first kappa shape index (κ1) is 12.2. The van der Waals surface area contributed by atoms with E-state index in [9.17, 15) is 9.59 Å². The number of rotatable bonds is 4. The molecule has 0 fully saturated rings. The first-order valence-corrected chi connectivity index (χ1v) is 4.99. The third-order valence-electron chi connectivity index (χ3n) is 1.71. The third-order valence-corrected chi connectivity index (χ3v) is 2.38. The molecule has 0 bridgehead atoms. The predicted octanol–water partition coefficient (Wildman–Crippen LogP) is -0.378. The summed E-state index contributed by atoms with van der Waals surface area (Å²) in [7, 11) is 0. The molecular weight excluding hydrogens is 236 g/mol. The van der Waals surface area contributed by atoms with E-state index >= 15 is 0 Å². The molecule has 0 saturated carbocycles. The van der Waals surface area contributed by atoms with E-state index in [1.807, 2.05) is 0 Å². The summed E-state index contributed by atoms with van der Waals surface area (Å²) in [5, 5.41) is 19.1. The minimum Gasteiger partial charge on any atom is -0.480 e. The van der Waals surface area contributed by atoms with E-state index in [0.717, 1.165) is 16.2 Å². The van der Waals surface area contributed by atoms with Crippen LogP contribution in [0.5, 0.6) is 0 Å². The zero-order chi connectivity index (χ0) is 12.3. The molecule has 16 heavy (non-hydrogen) atoms. The van der Waals surface area contributed by atoms with E-state index in [1.54, 1.807) is 0 Å². The number of aliphatic carboxylic acids is 1. The number of nitrogens with zero attached hydrogens (tertiary/aromatic N) is 2. The van der Waals surface area contributed by atoms with Crippen LogP contribution in [0.25, 0.3) is 0 Å². The fourth-order valence-corrected chi connectivity index (χ4v) is 1.50. The molecule has 0 aliphatic carbocycles. The Morgan fingerprint density at radius 1 is 1.56 bits per heavy atom. The molecule has 8 nitrogen and oxygen atoms in total. The quantitative estimate of drug-likeness (QED) is 0.567. The average Bonchev–Trinajstić information content (AvgIpc) is 2.59. The molecule has 0 saturated heterocycles. The van der Waals surface area contributed by atoms with Gasteiger partial charge in [0.25, 0.3) is 0 Å². The van der Waals surface area contributed by atoms with Gasteiger partial charge in [0.15, 0.2) is 10.9 Å². The van der Waals surface area contributed by atoms with Gasteiger partial charge >= 0.3 is 12.1 Å². The van der Waals surface area contributed by atoms with Crippen LogP contribution in [0, 0.1) is 0 Å². The highest BCUT2D eigenvalue weighted by molar-refractivity contribution is 7.13. The number of anilines is 2. The highest BCUT2D eigenvalue weighted by Crippen LogP contribution is 2.20. The average molecular weight is 246 g/mol. The van der Waals surface area contributed by atoms with Crippen LogP contribution in [0.3, 0.4) is 0 Å². The molecule has 1 aromatic heterocycles. The number of hydrogen-bond acceptors (Lipinski definition) is 6. The summed E-state index contributed by atoms with van der Waals surface area (Å²) in [4.78, 5) is 25.9. The first-order valence-electron chi connectivity index (χ1n) is 4.11. The van der Waals surface area contributed by atoms with E-state index in [4.69, 9.17) is 21.7 Å². The minimum atomic E-state index is -1.33. The SMILES string of the molecule is Nc1nc(N(CC(N)C(=O)O)C(=O)O)cs1. The Hall–Kier alpha value is -1.87. The molecule has 1 amide bonds. The van der Waals surface area contributed by atoms with Crippen molar-refractivity contribution in [1.29, 1.82) is 0 Å². The second kappa shape index (κ2) is 4.77. The van der Waals surface area contributed by atoms with Crippen molar-refractivity contribution < 1.29 is 19.8 Å². The van der Waals surface area contributed by atoms with E-state index in [2.05, 4.69) is 4.98 Å². The van der Waals surface area contributed by atoms with E-state index in [1.165, 1.54) is 5.38 Å². The summed E-state index contributed by atoms with van der Waals surface area (Å²) in [5.74, 6) is -1.21. The van der Waals surface area contributed by atoms with E-state index < -0.39 is 18.1 Å². The minimum absolute atomic E-state index is 0.0756. The number of carboxylic acids is 1. The van der Waals surface area contributed by atoms with Gasteiger partial charge in [0.1, 0.15) is 6.04 Å². The number of carboxylic acid groups (broad SMARTS) is 2. The molecule has 88 valence electrons. The number of thiazole rings is 1. The van der Waals surface area contributed by atoms with E-state index in [-0.39, 0.29) is 17.5 Å². The van der Waals surface area contributed by atoms with Crippen LogP contribution in [0.15, 0.2) is 5.38 Å². The number of carbonyl (C=O) groups is 2. The lowest BCUT2D eigenvalue weighted by atomic mass is 10.3. The molecule has 1 atom stereocenters. The van der Waals surface area contributed by atoms with Gasteiger partial charge in [-0.25, -0.2) is 9.78 Å². The summed E-state index contributed by atoms with van der Waals surface area (Å²) in [5.41, 5.74) is 10.6. The summed E-state index contributed by atoms with van der Waals surface area (Å²) < 4.78 is 0. The largest absolute Gasteiger partial charge is 0.480 e. The zero-order valence-corrected chi connectivity index (χ0v) is 8.85. The monoisotopic (exact) mass is 246 g/mol. The van der Waals surface area contributed by atoms with Crippen molar-refractivity contribution in [3.8, 4) is 0 Å². The van der Waals surface area contributed by atoms with Crippen LogP contribution in [0.4, 0.5) is 15.7 Å². The van der Waals surface area contributed by atoms with Gasteiger partial charge in [-0.1, -0.05) is 0 Å². The highest BCUT2D eigenvalue weighted by atomic mass is 32.1. The van der Waals surface area contributed by atoms with Crippen molar-refractivity contribution in [2.45, 2.75) is 6.04 Å². The molecule has 0 aromatic carbocycles. The normalized spacial score (nSPS) is 12.1. The lowest BCUT2D eigenvalue weighted by molar-refractivity contribution is -0.138. The van der Waals surface area contributed by atoms with Crippen LogP contribution in [-0.2, 0) is 4.79 Å². The summed E-state index contributed by atoms with van der Waals surface area (Å²) in [6.07, 6.45) is -1.33. The number of amides is 1. The maximum Gasteiger partial charge on any atom is 0.413 e.